The van der Waals surface area contributed by atoms with Gasteiger partial charge in [0, 0.05) is 25.9 Å². The van der Waals surface area contributed by atoms with E-state index in [0.29, 0.717) is 0 Å². The Hall–Kier alpha value is -2.76. The molecule has 1 atom stereocenters. The number of fused-ring (bicyclic) bond motifs is 1. The van der Waals surface area contributed by atoms with Crippen LogP contribution in [0, 0.1) is 0 Å². The van der Waals surface area contributed by atoms with Crippen LogP contribution in [0.2, 0.25) is 0 Å². The van der Waals surface area contributed by atoms with Crippen molar-refractivity contribution in [1.82, 2.24) is 14.7 Å². The van der Waals surface area contributed by atoms with Gasteiger partial charge in [-0.05, 0) is 49.1 Å². The van der Waals surface area contributed by atoms with Crippen molar-refractivity contribution >= 4 is 12.0 Å². The summed E-state index contributed by atoms with van der Waals surface area (Å²) in [5.41, 5.74) is 2.01. The number of carbonyl (C=O) groups is 1. The van der Waals surface area contributed by atoms with E-state index in [1.807, 2.05) is 47.0 Å². The molecule has 0 aliphatic carbocycles. The molecule has 0 N–H and O–H groups in total. The Bertz CT molecular complexity index is 812. The third kappa shape index (κ3) is 3.12. The van der Waals surface area contributed by atoms with E-state index in [9.17, 15) is 4.79 Å². The standard InChI is InChI=1S/C19H21N3O3/c1-21-15(9-10-20-21)16-4-2-3-11-22(16)19(23)8-6-14-5-7-17-18(12-14)25-13-24-17/h5-10,12,16H,2-4,11,13H2,1H3. The van der Waals surface area contributed by atoms with Gasteiger partial charge in [0.25, 0.3) is 0 Å². The minimum Gasteiger partial charge on any atom is -0.454 e. The van der Waals surface area contributed by atoms with E-state index in [2.05, 4.69) is 5.10 Å². The molecule has 4 rings (SSSR count). The fourth-order valence-corrected chi connectivity index (χ4v) is 3.49. The molecule has 1 aromatic heterocycles. The number of benzene rings is 1. The van der Waals surface area contributed by atoms with Crippen LogP contribution in [0.3, 0.4) is 0 Å². The summed E-state index contributed by atoms with van der Waals surface area (Å²) in [6.07, 6.45) is 8.41. The van der Waals surface area contributed by atoms with E-state index in [-0.39, 0.29) is 18.7 Å². The summed E-state index contributed by atoms with van der Waals surface area (Å²) >= 11 is 0. The molecular formula is C19H21N3O3. The van der Waals surface area contributed by atoms with Crippen LogP contribution in [0.4, 0.5) is 0 Å². The van der Waals surface area contributed by atoms with Gasteiger partial charge in [-0.1, -0.05) is 6.07 Å². The first-order chi connectivity index (χ1) is 12.2. The highest BCUT2D eigenvalue weighted by atomic mass is 16.7. The molecule has 1 unspecified atom stereocenters. The Morgan fingerprint density at radius 2 is 2.12 bits per heavy atom. The second-order valence-electron chi connectivity index (χ2n) is 6.37. The zero-order chi connectivity index (χ0) is 17.2. The molecule has 0 spiro atoms. The van der Waals surface area contributed by atoms with Gasteiger partial charge in [0.1, 0.15) is 0 Å². The molecule has 0 bridgehead atoms. The molecule has 0 saturated carbocycles. The smallest absolute Gasteiger partial charge is 0.247 e. The molecule has 2 aliphatic heterocycles. The van der Waals surface area contributed by atoms with E-state index < -0.39 is 0 Å². The molecule has 2 aliphatic rings. The Balaban J connectivity index is 1.51. The van der Waals surface area contributed by atoms with E-state index in [1.165, 1.54) is 0 Å². The molecule has 25 heavy (non-hydrogen) atoms. The van der Waals surface area contributed by atoms with Crippen LogP contribution in [0.5, 0.6) is 11.5 Å². The van der Waals surface area contributed by atoms with Gasteiger partial charge in [0.2, 0.25) is 12.7 Å². The third-order valence-electron chi connectivity index (χ3n) is 4.80. The number of nitrogens with zero attached hydrogens (tertiary/aromatic N) is 3. The van der Waals surface area contributed by atoms with E-state index in [1.54, 1.807) is 12.3 Å². The maximum absolute atomic E-state index is 12.8. The van der Waals surface area contributed by atoms with Crippen LogP contribution in [-0.2, 0) is 11.8 Å². The molecule has 1 saturated heterocycles. The Kier molecular flexibility index (Phi) is 4.17. The lowest BCUT2D eigenvalue weighted by molar-refractivity contribution is -0.129. The lowest BCUT2D eigenvalue weighted by atomic mass is 9.99. The molecule has 1 aromatic carbocycles. The lowest BCUT2D eigenvalue weighted by Crippen LogP contribution is -2.38. The molecule has 6 heteroatoms. The van der Waals surface area contributed by atoms with Crippen molar-refractivity contribution in [3.63, 3.8) is 0 Å². The van der Waals surface area contributed by atoms with Gasteiger partial charge < -0.3 is 14.4 Å². The predicted molar refractivity (Wildman–Crippen MR) is 93.1 cm³/mol. The maximum Gasteiger partial charge on any atom is 0.247 e. The summed E-state index contributed by atoms with van der Waals surface area (Å²) < 4.78 is 12.6. The molecule has 1 amide bonds. The van der Waals surface area contributed by atoms with E-state index in [0.717, 1.165) is 48.6 Å². The summed E-state index contributed by atoms with van der Waals surface area (Å²) in [6, 6.07) is 7.77. The average molecular weight is 339 g/mol. The number of hydrogen-bond acceptors (Lipinski definition) is 4. The van der Waals surface area contributed by atoms with Gasteiger partial charge in [-0.3, -0.25) is 9.48 Å². The minimum atomic E-state index is 0.0311. The van der Waals surface area contributed by atoms with Gasteiger partial charge in [-0.2, -0.15) is 5.10 Å². The number of rotatable bonds is 3. The Labute approximate surface area is 146 Å². The van der Waals surface area contributed by atoms with Crippen molar-refractivity contribution in [2.45, 2.75) is 25.3 Å². The quantitative estimate of drug-likeness (QED) is 0.807. The SMILES string of the molecule is Cn1nccc1C1CCCCN1C(=O)C=Cc1ccc2c(c1)OCO2. The lowest BCUT2D eigenvalue weighted by Gasteiger charge is -2.35. The summed E-state index contributed by atoms with van der Waals surface area (Å²) in [5.74, 6) is 1.50. The number of hydrogen-bond donors (Lipinski definition) is 0. The first kappa shape index (κ1) is 15.7. The number of amides is 1. The molecular weight excluding hydrogens is 318 g/mol. The number of carbonyl (C=O) groups excluding carboxylic acids is 1. The van der Waals surface area contributed by atoms with Gasteiger partial charge in [0.05, 0.1) is 11.7 Å². The normalized spacial score (nSPS) is 19.6. The van der Waals surface area contributed by atoms with Crippen molar-refractivity contribution in [1.29, 1.82) is 0 Å². The van der Waals surface area contributed by atoms with Crippen molar-refractivity contribution in [3.05, 3.63) is 47.8 Å². The maximum atomic E-state index is 12.8. The highest BCUT2D eigenvalue weighted by molar-refractivity contribution is 5.92. The fraction of sp³-hybridized carbons (Fsp3) is 0.368. The largest absolute Gasteiger partial charge is 0.454 e. The number of ether oxygens (including phenoxy) is 2. The monoisotopic (exact) mass is 339 g/mol. The second kappa shape index (κ2) is 6.63. The zero-order valence-electron chi connectivity index (χ0n) is 14.2. The van der Waals surface area contributed by atoms with Crippen LogP contribution < -0.4 is 9.47 Å². The Morgan fingerprint density at radius 3 is 2.96 bits per heavy atom. The van der Waals surface area contributed by atoms with E-state index >= 15 is 0 Å². The number of likely N-dealkylation sites (tertiary alicyclic amines) is 1. The summed E-state index contributed by atoms with van der Waals surface area (Å²) in [6.45, 7) is 1.03. The molecule has 3 heterocycles. The molecule has 6 nitrogen and oxygen atoms in total. The zero-order valence-corrected chi connectivity index (χ0v) is 14.2. The summed E-state index contributed by atoms with van der Waals surface area (Å²) in [4.78, 5) is 14.7. The van der Waals surface area contributed by atoms with Crippen LogP contribution in [-0.4, -0.2) is 33.9 Å². The van der Waals surface area contributed by atoms with Gasteiger partial charge in [0.15, 0.2) is 11.5 Å². The van der Waals surface area contributed by atoms with Crippen molar-refractivity contribution in [2.24, 2.45) is 7.05 Å². The highest BCUT2D eigenvalue weighted by Gasteiger charge is 2.28. The first-order valence-corrected chi connectivity index (χ1v) is 8.58. The van der Waals surface area contributed by atoms with E-state index in [4.69, 9.17) is 9.47 Å². The minimum absolute atomic E-state index is 0.0311. The van der Waals surface area contributed by atoms with Crippen LogP contribution >= 0.6 is 0 Å². The number of aromatic nitrogens is 2. The first-order valence-electron chi connectivity index (χ1n) is 8.58. The molecule has 0 radical (unpaired) electrons. The van der Waals surface area contributed by atoms with Crippen LogP contribution in [0.1, 0.15) is 36.6 Å². The van der Waals surface area contributed by atoms with Gasteiger partial charge in [-0.25, -0.2) is 0 Å². The predicted octanol–water partition coefficient (Wildman–Crippen LogP) is 2.92. The van der Waals surface area contributed by atoms with Gasteiger partial charge in [-0.15, -0.1) is 0 Å². The number of piperidine rings is 1. The molecule has 130 valence electrons. The van der Waals surface area contributed by atoms with Crippen molar-refractivity contribution < 1.29 is 14.3 Å². The highest BCUT2D eigenvalue weighted by Crippen LogP contribution is 2.33. The van der Waals surface area contributed by atoms with Crippen LogP contribution in [0.25, 0.3) is 6.08 Å². The Morgan fingerprint density at radius 1 is 1.24 bits per heavy atom. The summed E-state index contributed by atoms with van der Waals surface area (Å²) in [5, 5.41) is 4.25. The van der Waals surface area contributed by atoms with Gasteiger partial charge >= 0.3 is 0 Å². The topological polar surface area (TPSA) is 56.6 Å². The summed E-state index contributed by atoms with van der Waals surface area (Å²) in [7, 11) is 1.93. The van der Waals surface area contributed by atoms with Crippen molar-refractivity contribution in [3.8, 4) is 11.5 Å². The second-order valence-corrected chi connectivity index (χ2v) is 6.37. The molecule has 1 fully saturated rings. The fourth-order valence-electron chi connectivity index (χ4n) is 3.49. The number of aryl methyl sites for hydroxylation is 1. The average Bonchev–Trinajstić information content (AvgIpc) is 3.27. The third-order valence-corrected chi connectivity index (χ3v) is 4.80. The van der Waals surface area contributed by atoms with Crippen molar-refractivity contribution in [2.75, 3.05) is 13.3 Å². The molecule has 2 aromatic rings. The van der Waals surface area contributed by atoms with Crippen LogP contribution in [0.15, 0.2) is 36.5 Å².